The van der Waals surface area contributed by atoms with Gasteiger partial charge in [-0.25, -0.2) is 4.39 Å². The lowest BCUT2D eigenvalue weighted by atomic mass is 10.0. The molecule has 1 aliphatic heterocycles. The molecule has 2 aromatic rings. The molecule has 1 aromatic carbocycles. The number of benzene rings is 1. The zero-order chi connectivity index (χ0) is 24.8. The molecule has 0 radical (unpaired) electrons. The SMILES string of the molecule is CC(C)[C@H](N=[N+]=[N-])C(=O)N1C[C@H](O)C[C@H]1C(=O)N[C@@H](CO)c1ccc(-c2ccncc2F)cc1. The number of likely N-dealkylation sites (tertiary alicyclic amines) is 1. The summed E-state index contributed by atoms with van der Waals surface area (Å²) in [6, 6.07) is 5.47. The van der Waals surface area contributed by atoms with Crippen LogP contribution in [0.3, 0.4) is 0 Å². The number of pyridine rings is 1. The van der Waals surface area contributed by atoms with Crippen molar-refractivity contribution in [2.45, 2.75) is 44.5 Å². The van der Waals surface area contributed by atoms with Gasteiger partial charge < -0.3 is 20.4 Å². The van der Waals surface area contributed by atoms with E-state index in [2.05, 4.69) is 20.3 Å². The van der Waals surface area contributed by atoms with Crippen LogP contribution in [-0.4, -0.2) is 63.3 Å². The maximum atomic E-state index is 14.0. The van der Waals surface area contributed by atoms with Crippen LogP contribution in [0.2, 0.25) is 0 Å². The third kappa shape index (κ3) is 5.51. The molecule has 0 unspecified atom stereocenters. The number of nitrogens with zero attached hydrogens (tertiary/aromatic N) is 5. The van der Waals surface area contributed by atoms with Crippen LogP contribution >= 0.6 is 0 Å². The predicted octanol–water partition coefficient (Wildman–Crippen LogP) is 2.33. The number of rotatable bonds is 8. The number of aliphatic hydroxyl groups is 2. The third-order valence-corrected chi connectivity index (χ3v) is 5.82. The van der Waals surface area contributed by atoms with E-state index < -0.39 is 48.5 Å². The fourth-order valence-electron chi connectivity index (χ4n) is 4.01. The number of nitrogens with one attached hydrogen (secondary N) is 1. The summed E-state index contributed by atoms with van der Waals surface area (Å²) in [6.07, 6.45) is 1.73. The molecule has 3 rings (SSSR count). The van der Waals surface area contributed by atoms with Crippen molar-refractivity contribution in [3.05, 3.63) is 64.5 Å². The highest BCUT2D eigenvalue weighted by atomic mass is 19.1. The first-order valence-corrected chi connectivity index (χ1v) is 10.9. The average molecular weight is 471 g/mol. The van der Waals surface area contributed by atoms with Crippen molar-refractivity contribution in [1.29, 1.82) is 0 Å². The molecule has 3 N–H and O–H groups in total. The maximum absolute atomic E-state index is 14.0. The standard InChI is InChI=1S/C23H27FN6O4/c1-13(2)21(28-29-25)23(34)30-11-16(32)9-20(30)22(33)27-19(12-31)15-5-3-14(4-6-15)17-7-8-26-10-18(17)24/h3-8,10,13,16,19-21,31-32H,9,11-12H2,1-2H3,(H,27,33)/t16-,19+,20+,21+/m1/s1. The molecule has 1 aromatic heterocycles. The lowest BCUT2D eigenvalue weighted by Gasteiger charge is -2.29. The lowest BCUT2D eigenvalue weighted by molar-refractivity contribution is -0.140. The predicted molar refractivity (Wildman–Crippen MR) is 121 cm³/mol. The summed E-state index contributed by atoms with van der Waals surface area (Å²) in [5.74, 6) is -1.84. The highest BCUT2D eigenvalue weighted by Crippen LogP contribution is 2.26. The fraction of sp³-hybridized carbons (Fsp3) is 0.435. The number of amides is 2. The summed E-state index contributed by atoms with van der Waals surface area (Å²) in [6.45, 7) is 2.98. The number of aliphatic hydroxyl groups excluding tert-OH is 2. The van der Waals surface area contributed by atoms with Crippen molar-refractivity contribution in [2.75, 3.05) is 13.2 Å². The topological polar surface area (TPSA) is 152 Å². The van der Waals surface area contributed by atoms with Crippen molar-refractivity contribution in [3.8, 4) is 11.1 Å². The van der Waals surface area contributed by atoms with Crippen LogP contribution in [0.25, 0.3) is 21.6 Å². The number of halogens is 1. The van der Waals surface area contributed by atoms with E-state index in [4.69, 9.17) is 5.53 Å². The third-order valence-electron chi connectivity index (χ3n) is 5.82. The Balaban J connectivity index is 1.76. The quantitative estimate of drug-likeness (QED) is 0.307. The van der Waals surface area contributed by atoms with Crippen LogP contribution in [0.1, 0.15) is 31.9 Å². The van der Waals surface area contributed by atoms with E-state index in [-0.39, 0.29) is 18.9 Å². The summed E-state index contributed by atoms with van der Waals surface area (Å²) in [7, 11) is 0. The first-order valence-electron chi connectivity index (χ1n) is 10.9. The van der Waals surface area contributed by atoms with E-state index in [1.54, 1.807) is 44.2 Å². The van der Waals surface area contributed by atoms with E-state index in [0.29, 0.717) is 16.7 Å². The van der Waals surface area contributed by atoms with E-state index in [9.17, 15) is 24.2 Å². The van der Waals surface area contributed by atoms with Crippen molar-refractivity contribution in [2.24, 2.45) is 11.0 Å². The summed E-state index contributed by atoms with van der Waals surface area (Å²) >= 11 is 0. The Kier molecular flexibility index (Phi) is 8.17. The molecule has 1 saturated heterocycles. The van der Waals surface area contributed by atoms with Gasteiger partial charge in [-0.1, -0.05) is 43.2 Å². The van der Waals surface area contributed by atoms with Crippen LogP contribution in [0.4, 0.5) is 4.39 Å². The second kappa shape index (κ2) is 11.1. The first kappa shape index (κ1) is 25.1. The Hall–Kier alpha value is -3.53. The number of β-amino-alcohol motifs (C(OH)–C–C–N with tert-alkyl or cyclic N) is 1. The average Bonchev–Trinajstić information content (AvgIpc) is 3.22. The summed E-state index contributed by atoms with van der Waals surface area (Å²) in [5, 5.41) is 26.3. The van der Waals surface area contributed by atoms with Crippen molar-refractivity contribution in [3.63, 3.8) is 0 Å². The first-order chi connectivity index (χ1) is 16.3. The smallest absolute Gasteiger partial charge is 0.243 e. The van der Waals surface area contributed by atoms with Crippen LogP contribution in [0, 0.1) is 11.7 Å². The van der Waals surface area contributed by atoms with Gasteiger partial charge in [-0.15, -0.1) is 0 Å². The monoisotopic (exact) mass is 470 g/mol. The molecule has 34 heavy (non-hydrogen) atoms. The highest BCUT2D eigenvalue weighted by Gasteiger charge is 2.42. The van der Waals surface area contributed by atoms with E-state index in [1.807, 2.05) is 0 Å². The van der Waals surface area contributed by atoms with Gasteiger partial charge in [0.1, 0.15) is 17.9 Å². The molecule has 2 heterocycles. The highest BCUT2D eigenvalue weighted by molar-refractivity contribution is 5.91. The minimum atomic E-state index is -1.000. The molecule has 0 saturated carbocycles. The van der Waals surface area contributed by atoms with Crippen LogP contribution < -0.4 is 5.32 Å². The molecular formula is C23H27FN6O4. The number of aromatic nitrogens is 1. The lowest BCUT2D eigenvalue weighted by Crippen LogP contribution is -2.50. The Labute approximate surface area is 196 Å². The Morgan fingerprint density at radius 2 is 2.03 bits per heavy atom. The van der Waals surface area contributed by atoms with Crippen LogP contribution in [-0.2, 0) is 9.59 Å². The molecular weight excluding hydrogens is 443 g/mol. The van der Waals surface area contributed by atoms with Gasteiger partial charge in [0.05, 0.1) is 24.9 Å². The molecule has 0 spiro atoms. The van der Waals surface area contributed by atoms with Gasteiger partial charge in [0.2, 0.25) is 11.8 Å². The maximum Gasteiger partial charge on any atom is 0.243 e. The summed E-state index contributed by atoms with van der Waals surface area (Å²) in [4.78, 5) is 33.7. The Morgan fingerprint density at radius 1 is 1.32 bits per heavy atom. The number of hydrogen-bond donors (Lipinski definition) is 3. The normalized spacial score (nSPS) is 19.4. The molecule has 2 amide bonds. The molecule has 1 aliphatic rings. The molecule has 0 bridgehead atoms. The molecule has 10 nitrogen and oxygen atoms in total. The number of hydrogen-bond acceptors (Lipinski definition) is 6. The molecule has 11 heteroatoms. The van der Waals surface area contributed by atoms with E-state index in [0.717, 1.165) is 6.20 Å². The molecule has 4 atom stereocenters. The van der Waals surface area contributed by atoms with Gasteiger partial charge in [-0.05, 0) is 28.6 Å². The molecule has 1 fully saturated rings. The second-order valence-corrected chi connectivity index (χ2v) is 8.51. The largest absolute Gasteiger partial charge is 0.394 e. The second-order valence-electron chi connectivity index (χ2n) is 8.51. The van der Waals surface area contributed by atoms with Gasteiger partial charge in [-0.3, -0.25) is 14.6 Å². The minimum absolute atomic E-state index is 0.0249. The molecule has 180 valence electrons. The molecule has 0 aliphatic carbocycles. The zero-order valence-electron chi connectivity index (χ0n) is 18.9. The fourth-order valence-corrected chi connectivity index (χ4v) is 4.01. The summed E-state index contributed by atoms with van der Waals surface area (Å²) < 4.78 is 14.0. The van der Waals surface area contributed by atoms with Crippen molar-refractivity contribution >= 4 is 11.8 Å². The summed E-state index contributed by atoms with van der Waals surface area (Å²) in [5.41, 5.74) is 10.4. The van der Waals surface area contributed by atoms with E-state index in [1.165, 1.54) is 11.1 Å². The van der Waals surface area contributed by atoms with Gasteiger partial charge in [0.25, 0.3) is 0 Å². The van der Waals surface area contributed by atoms with Gasteiger partial charge in [0, 0.05) is 29.6 Å². The van der Waals surface area contributed by atoms with E-state index >= 15 is 0 Å². The Bertz CT molecular complexity index is 1070. The minimum Gasteiger partial charge on any atom is -0.394 e. The van der Waals surface area contributed by atoms with Crippen molar-refractivity contribution in [1.82, 2.24) is 15.2 Å². The van der Waals surface area contributed by atoms with Gasteiger partial charge in [-0.2, -0.15) is 0 Å². The zero-order valence-corrected chi connectivity index (χ0v) is 18.9. The van der Waals surface area contributed by atoms with Crippen molar-refractivity contribution < 1.29 is 24.2 Å². The van der Waals surface area contributed by atoms with Crippen LogP contribution in [0.5, 0.6) is 0 Å². The number of carbonyl (C=O) groups excluding carboxylic acids is 2. The Morgan fingerprint density at radius 3 is 2.62 bits per heavy atom. The van der Waals surface area contributed by atoms with Gasteiger partial charge in [0.15, 0.2) is 0 Å². The van der Waals surface area contributed by atoms with Crippen LogP contribution in [0.15, 0.2) is 47.8 Å². The van der Waals surface area contributed by atoms with Gasteiger partial charge >= 0.3 is 0 Å². The number of azide groups is 1. The number of carbonyl (C=O) groups is 2.